The Morgan fingerprint density at radius 3 is 3.06 bits per heavy atom. The Bertz CT molecular complexity index is 536. The number of carboxylic acid groups (broad SMARTS) is 1. The molecule has 0 saturated carbocycles. The molecule has 0 spiro atoms. The topological polar surface area (TPSA) is 59.4 Å². The summed E-state index contributed by atoms with van der Waals surface area (Å²) >= 11 is 1.43. The van der Waals surface area contributed by atoms with E-state index in [0.29, 0.717) is 5.69 Å². The number of thiazole rings is 1. The molecule has 0 atom stereocenters. The van der Waals surface area contributed by atoms with Gasteiger partial charge in [-0.3, -0.25) is 4.79 Å². The van der Waals surface area contributed by atoms with Crippen molar-refractivity contribution < 1.29 is 14.6 Å². The lowest BCUT2D eigenvalue weighted by atomic mass is 10.2. The maximum absolute atomic E-state index is 10.6. The van der Waals surface area contributed by atoms with Gasteiger partial charge >= 0.3 is 5.97 Å². The third-order valence-corrected chi connectivity index (χ3v) is 3.14. The highest BCUT2D eigenvalue weighted by atomic mass is 32.1. The van der Waals surface area contributed by atoms with Gasteiger partial charge in [0.25, 0.3) is 0 Å². The maximum Gasteiger partial charge on any atom is 0.309 e. The summed E-state index contributed by atoms with van der Waals surface area (Å²) in [7, 11) is 1.61. The van der Waals surface area contributed by atoms with Crippen LogP contribution < -0.4 is 4.74 Å². The lowest BCUT2D eigenvalue weighted by molar-refractivity contribution is -0.136. The number of aliphatic carboxylic acids is 1. The molecule has 1 aromatic heterocycles. The van der Waals surface area contributed by atoms with E-state index in [-0.39, 0.29) is 6.42 Å². The first-order valence-electron chi connectivity index (χ1n) is 4.99. The SMILES string of the molecule is COc1cccc(-c2nc(CC(=O)O)cs2)c1. The first kappa shape index (κ1) is 11.6. The van der Waals surface area contributed by atoms with Gasteiger partial charge in [-0.25, -0.2) is 4.98 Å². The number of benzene rings is 1. The summed E-state index contributed by atoms with van der Waals surface area (Å²) in [4.78, 5) is 14.8. The van der Waals surface area contributed by atoms with Crippen LogP contribution in [0.5, 0.6) is 5.75 Å². The predicted octanol–water partition coefficient (Wildman–Crippen LogP) is 2.45. The molecule has 1 heterocycles. The molecule has 0 bridgehead atoms. The number of ether oxygens (including phenoxy) is 1. The van der Waals surface area contributed by atoms with E-state index in [9.17, 15) is 4.79 Å². The summed E-state index contributed by atoms with van der Waals surface area (Å²) in [6, 6.07) is 7.54. The molecule has 5 heteroatoms. The fourth-order valence-electron chi connectivity index (χ4n) is 1.43. The van der Waals surface area contributed by atoms with Crippen LogP contribution in [-0.2, 0) is 11.2 Å². The lowest BCUT2D eigenvalue weighted by Gasteiger charge is -2.01. The van der Waals surface area contributed by atoms with Gasteiger partial charge in [0.1, 0.15) is 10.8 Å². The van der Waals surface area contributed by atoms with Gasteiger partial charge in [-0.05, 0) is 12.1 Å². The third kappa shape index (κ3) is 2.82. The van der Waals surface area contributed by atoms with Crippen molar-refractivity contribution in [1.82, 2.24) is 4.98 Å². The van der Waals surface area contributed by atoms with Crippen LogP contribution in [0.3, 0.4) is 0 Å². The van der Waals surface area contributed by atoms with Gasteiger partial charge in [-0.1, -0.05) is 12.1 Å². The second kappa shape index (κ2) is 4.97. The van der Waals surface area contributed by atoms with Crippen molar-refractivity contribution in [3.8, 4) is 16.3 Å². The van der Waals surface area contributed by atoms with Crippen molar-refractivity contribution in [2.45, 2.75) is 6.42 Å². The highest BCUT2D eigenvalue weighted by Gasteiger charge is 2.08. The Hall–Kier alpha value is -1.88. The van der Waals surface area contributed by atoms with Gasteiger partial charge < -0.3 is 9.84 Å². The summed E-state index contributed by atoms with van der Waals surface area (Å²) < 4.78 is 5.13. The molecule has 0 unspecified atom stereocenters. The van der Waals surface area contributed by atoms with Crippen LogP contribution in [-0.4, -0.2) is 23.2 Å². The Balaban J connectivity index is 2.26. The molecule has 2 aromatic rings. The lowest BCUT2D eigenvalue weighted by Crippen LogP contribution is -1.99. The Labute approximate surface area is 103 Å². The van der Waals surface area contributed by atoms with E-state index in [1.54, 1.807) is 12.5 Å². The number of methoxy groups -OCH3 is 1. The van der Waals surface area contributed by atoms with Crippen molar-refractivity contribution in [1.29, 1.82) is 0 Å². The van der Waals surface area contributed by atoms with E-state index in [1.807, 2.05) is 24.3 Å². The minimum Gasteiger partial charge on any atom is -0.497 e. The van der Waals surface area contributed by atoms with Crippen LogP contribution >= 0.6 is 11.3 Å². The molecule has 0 aliphatic rings. The summed E-state index contributed by atoms with van der Waals surface area (Å²) in [6.07, 6.45) is -0.0412. The van der Waals surface area contributed by atoms with E-state index in [4.69, 9.17) is 9.84 Å². The van der Waals surface area contributed by atoms with Gasteiger partial charge in [0.15, 0.2) is 0 Å². The zero-order chi connectivity index (χ0) is 12.3. The summed E-state index contributed by atoms with van der Waals surface area (Å²) in [5.74, 6) is -0.107. The minimum atomic E-state index is -0.868. The van der Waals surface area contributed by atoms with Crippen LogP contribution in [0, 0.1) is 0 Å². The Morgan fingerprint density at radius 2 is 2.35 bits per heavy atom. The average molecular weight is 249 g/mol. The summed E-state index contributed by atoms with van der Waals surface area (Å²) in [5, 5.41) is 11.2. The molecule has 0 aliphatic carbocycles. The standard InChI is InChI=1S/C12H11NO3S/c1-16-10-4-2-3-8(5-10)12-13-9(7-17-12)6-11(14)15/h2-5,7H,6H2,1H3,(H,14,15). The van der Waals surface area contributed by atoms with Crippen LogP contribution in [0.25, 0.3) is 10.6 Å². The van der Waals surface area contributed by atoms with Crippen LogP contribution in [0.15, 0.2) is 29.6 Å². The van der Waals surface area contributed by atoms with Crippen molar-refractivity contribution in [2.24, 2.45) is 0 Å². The normalized spacial score (nSPS) is 10.2. The number of nitrogens with zero attached hydrogens (tertiary/aromatic N) is 1. The summed E-state index contributed by atoms with van der Waals surface area (Å²) in [5.41, 5.74) is 1.52. The fraction of sp³-hybridized carbons (Fsp3) is 0.167. The van der Waals surface area contributed by atoms with Gasteiger partial charge in [-0.15, -0.1) is 11.3 Å². The number of rotatable bonds is 4. The Morgan fingerprint density at radius 1 is 1.53 bits per heavy atom. The van der Waals surface area contributed by atoms with E-state index >= 15 is 0 Å². The van der Waals surface area contributed by atoms with Gasteiger partial charge in [0.05, 0.1) is 19.2 Å². The largest absolute Gasteiger partial charge is 0.497 e. The van der Waals surface area contributed by atoms with E-state index < -0.39 is 5.97 Å². The first-order chi connectivity index (χ1) is 8.19. The molecular weight excluding hydrogens is 238 g/mol. The molecule has 0 amide bonds. The van der Waals surface area contributed by atoms with Gasteiger partial charge in [0.2, 0.25) is 0 Å². The molecule has 2 rings (SSSR count). The van der Waals surface area contributed by atoms with Crippen molar-refractivity contribution in [3.05, 3.63) is 35.3 Å². The third-order valence-electron chi connectivity index (χ3n) is 2.20. The molecule has 4 nitrogen and oxygen atoms in total. The second-order valence-corrected chi connectivity index (χ2v) is 4.30. The minimum absolute atomic E-state index is 0.0412. The molecule has 88 valence electrons. The maximum atomic E-state index is 10.6. The molecule has 1 aromatic carbocycles. The van der Waals surface area contributed by atoms with Crippen LogP contribution in [0.2, 0.25) is 0 Å². The van der Waals surface area contributed by atoms with Gasteiger partial charge in [0, 0.05) is 10.9 Å². The van der Waals surface area contributed by atoms with Gasteiger partial charge in [-0.2, -0.15) is 0 Å². The smallest absolute Gasteiger partial charge is 0.309 e. The molecule has 0 fully saturated rings. The monoisotopic (exact) mass is 249 g/mol. The number of carboxylic acids is 1. The fourth-order valence-corrected chi connectivity index (χ4v) is 2.25. The van der Waals surface area contributed by atoms with Crippen molar-refractivity contribution in [3.63, 3.8) is 0 Å². The number of hydrogen-bond donors (Lipinski definition) is 1. The van der Waals surface area contributed by atoms with E-state index in [2.05, 4.69) is 4.98 Å². The zero-order valence-corrected chi connectivity index (χ0v) is 10.0. The predicted molar refractivity (Wildman–Crippen MR) is 65.4 cm³/mol. The van der Waals surface area contributed by atoms with Crippen molar-refractivity contribution >= 4 is 17.3 Å². The molecular formula is C12H11NO3S. The molecule has 0 radical (unpaired) electrons. The molecule has 1 N–H and O–H groups in total. The zero-order valence-electron chi connectivity index (χ0n) is 9.21. The average Bonchev–Trinajstić information content (AvgIpc) is 2.77. The molecule has 0 saturated heterocycles. The number of hydrogen-bond acceptors (Lipinski definition) is 4. The number of aromatic nitrogens is 1. The number of carbonyl (C=O) groups is 1. The summed E-state index contributed by atoms with van der Waals surface area (Å²) in [6.45, 7) is 0. The Kier molecular flexibility index (Phi) is 3.39. The molecule has 0 aliphatic heterocycles. The van der Waals surface area contributed by atoms with Crippen LogP contribution in [0.4, 0.5) is 0 Å². The van der Waals surface area contributed by atoms with E-state index in [0.717, 1.165) is 16.3 Å². The highest BCUT2D eigenvalue weighted by molar-refractivity contribution is 7.13. The highest BCUT2D eigenvalue weighted by Crippen LogP contribution is 2.26. The van der Waals surface area contributed by atoms with Crippen molar-refractivity contribution in [2.75, 3.05) is 7.11 Å². The molecule has 17 heavy (non-hydrogen) atoms. The van der Waals surface area contributed by atoms with Crippen LogP contribution in [0.1, 0.15) is 5.69 Å². The quantitative estimate of drug-likeness (QED) is 0.904. The first-order valence-corrected chi connectivity index (χ1v) is 5.87. The van der Waals surface area contributed by atoms with E-state index in [1.165, 1.54) is 11.3 Å². The second-order valence-electron chi connectivity index (χ2n) is 3.45.